The zero-order valence-electron chi connectivity index (χ0n) is 18.4. The van der Waals surface area contributed by atoms with Crippen LogP contribution in [0, 0.1) is 6.92 Å². The first kappa shape index (κ1) is 23.3. The maximum Gasteiger partial charge on any atom is 0.255 e. The SMILES string of the molecule is Cc1ccc(S(=O)(=O)N2CCCN(C(=O)c3ccccc3SCC3CCCO3)CC2)cc1. The van der Waals surface area contributed by atoms with Gasteiger partial charge in [-0.3, -0.25) is 4.79 Å². The summed E-state index contributed by atoms with van der Waals surface area (Å²) in [6.07, 6.45) is 3.03. The van der Waals surface area contributed by atoms with E-state index in [1.54, 1.807) is 28.8 Å². The van der Waals surface area contributed by atoms with E-state index >= 15 is 0 Å². The fourth-order valence-corrected chi connectivity index (χ4v) is 6.68. The molecule has 6 nitrogen and oxygen atoms in total. The van der Waals surface area contributed by atoms with E-state index in [-0.39, 0.29) is 12.0 Å². The first-order valence-corrected chi connectivity index (χ1v) is 13.6. The van der Waals surface area contributed by atoms with Crippen LogP contribution in [0.15, 0.2) is 58.3 Å². The number of hydrogen-bond donors (Lipinski definition) is 0. The van der Waals surface area contributed by atoms with Crippen molar-refractivity contribution in [2.75, 3.05) is 38.5 Å². The summed E-state index contributed by atoms with van der Waals surface area (Å²) >= 11 is 1.67. The topological polar surface area (TPSA) is 66.9 Å². The third-order valence-corrected chi connectivity index (χ3v) is 9.09. The van der Waals surface area contributed by atoms with Crippen LogP contribution in [0.2, 0.25) is 0 Å². The minimum atomic E-state index is -3.56. The van der Waals surface area contributed by atoms with Crippen LogP contribution in [0.5, 0.6) is 0 Å². The van der Waals surface area contributed by atoms with E-state index in [0.717, 1.165) is 35.7 Å². The molecule has 0 bridgehead atoms. The number of aryl methyl sites for hydroxylation is 1. The lowest BCUT2D eigenvalue weighted by molar-refractivity contribution is 0.0760. The van der Waals surface area contributed by atoms with Crippen molar-refractivity contribution in [3.8, 4) is 0 Å². The van der Waals surface area contributed by atoms with Gasteiger partial charge < -0.3 is 9.64 Å². The van der Waals surface area contributed by atoms with Gasteiger partial charge in [-0.15, -0.1) is 11.8 Å². The molecule has 1 atom stereocenters. The van der Waals surface area contributed by atoms with Crippen molar-refractivity contribution in [1.82, 2.24) is 9.21 Å². The minimum Gasteiger partial charge on any atom is -0.377 e. The van der Waals surface area contributed by atoms with Crippen molar-refractivity contribution in [3.05, 3.63) is 59.7 Å². The molecule has 0 aliphatic carbocycles. The Bertz CT molecular complexity index is 1030. The highest BCUT2D eigenvalue weighted by Crippen LogP contribution is 2.28. The van der Waals surface area contributed by atoms with Crippen LogP contribution >= 0.6 is 11.8 Å². The molecule has 2 aromatic rings. The molecule has 172 valence electrons. The van der Waals surface area contributed by atoms with Gasteiger partial charge in [0.25, 0.3) is 5.91 Å². The van der Waals surface area contributed by atoms with Gasteiger partial charge in [-0.25, -0.2) is 8.42 Å². The van der Waals surface area contributed by atoms with Crippen LogP contribution in [-0.4, -0.2) is 68.2 Å². The van der Waals surface area contributed by atoms with Crippen molar-refractivity contribution >= 4 is 27.7 Å². The Hall–Kier alpha value is -1.87. The van der Waals surface area contributed by atoms with Crippen molar-refractivity contribution in [1.29, 1.82) is 0 Å². The first-order valence-electron chi connectivity index (χ1n) is 11.1. The summed E-state index contributed by atoms with van der Waals surface area (Å²) in [5.41, 5.74) is 1.71. The summed E-state index contributed by atoms with van der Waals surface area (Å²) in [6, 6.07) is 14.6. The van der Waals surface area contributed by atoms with Gasteiger partial charge in [0.05, 0.1) is 16.6 Å². The second kappa shape index (κ2) is 10.4. The van der Waals surface area contributed by atoms with E-state index in [9.17, 15) is 13.2 Å². The Morgan fingerprint density at radius 1 is 1.03 bits per heavy atom. The molecular formula is C24H30N2O4S2. The van der Waals surface area contributed by atoms with Gasteiger partial charge in [0.1, 0.15) is 0 Å². The number of nitrogens with zero attached hydrogens (tertiary/aromatic N) is 2. The number of rotatable bonds is 6. The van der Waals surface area contributed by atoms with E-state index in [1.165, 1.54) is 4.31 Å². The maximum absolute atomic E-state index is 13.3. The Morgan fingerprint density at radius 2 is 1.81 bits per heavy atom. The zero-order valence-corrected chi connectivity index (χ0v) is 20.0. The van der Waals surface area contributed by atoms with Gasteiger partial charge in [0, 0.05) is 43.4 Å². The van der Waals surface area contributed by atoms with E-state index in [0.29, 0.717) is 43.1 Å². The van der Waals surface area contributed by atoms with Gasteiger partial charge in [-0.1, -0.05) is 29.8 Å². The maximum atomic E-state index is 13.3. The van der Waals surface area contributed by atoms with Crippen molar-refractivity contribution in [2.45, 2.75) is 42.1 Å². The van der Waals surface area contributed by atoms with Crippen LogP contribution in [0.3, 0.4) is 0 Å². The number of benzene rings is 2. The number of hydrogen-bond acceptors (Lipinski definition) is 5. The Kier molecular flexibility index (Phi) is 7.55. The molecule has 2 aromatic carbocycles. The fraction of sp³-hybridized carbons (Fsp3) is 0.458. The number of carbonyl (C=O) groups is 1. The minimum absolute atomic E-state index is 0.0324. The summed E-state index contributed by atoms with van der Waals surface area (Å²) < 4.78 is 33.4. The molecule has 2 aliphatic rings. The third-order valence-electron chi connectivity index (χ3n) is 5.97. The Labute approximate surface area is 195 Å². The predicted molar refractivity (Wildman–Crippen MR) is 127 cm³/mol. The molecule has 1 amide bonds. The van der Waals surface area contributed by atoms with E-state index in [2.05, 4.69) is 0 Å². The molecule has 2 aliphatic heterocycles. The Balaban J connectivity index is 1.43. The molecule has 0 aromatic heterocycles. The standard InChI is InChI=1S/C24H30N2O4S2/c1-19-9-11-21(12-10-19)32(28,29)26-14-5-13-25(15-16-26)24(27)22-7-2-3-8-23(22)31-18-20-6-4-17-30-20/h2-3,7-12,20H,4-6,13-18H2,1H3. The summed E-state index contributed by atoms with van der Waals surface area (Å²) in [4.78, 5) is 16.4. The smallest absolute Gasteiger partial charge is 0.255 e. The summed E-state index contributed by atoms with van der Waals surface area (Å²) in [6.45, 7) is 4.39. The molecule has 32 heavy (non-hydrogen) atoms. The van der Waals surface area contributed by atoms with E-state index in [1.807, 2.05) is 43.3 Å². The van der Waals surface area contributed by atoms with Crippen LogP contribution < -0.4 is 0 Å². The van der Waals surface area contributed by atoms with Crippen LogP contribution in [0.25, 0.3) is 0 Å². The quantitative estimate of drug-likeness (QED) is 0.596. The average Bonchev–Trinajstić information content (AvgIpc) is 3.19. The molecule has 2 saturated heterocycles. The van der Waals surface area contributed by atoms with Crippen molar-refractivity contribution in [2.24, 2.45) is 0 Å². The largest absolute Gasteiger partial charge is 0.377 e. The first-order chi connectivity index (χ1) is 15.4. The lowest BCUT2D eigenvalue weighted by Gasteiger charge is -2.23. The van der Waals surface area contributed by atoms with Gasteiger partial charge in [-0.05, 0) is 50.5 Å². The molecule has 0 N–H and O–H groups in total. The summed E-state index contributed by atoms with van der Waals surface area (Å²) in [5.74, 6) is 0.808. The van der Waals surface area contributed by atoms with Crippen LogP contribution in [-0.2, 0) is 14.8 Å². The second-order valence-electron chi connectivity index (χ2n) is 8.31. The zero-order chi connectivity index (χ0) is 22.6. The van der Waals surface area contributed by atoms with Crippen LogP contribution in [0.1, 0.15) is 35.2 Å². The molecule has 2 fully saturated rings. The van der Waals surface area contributed by atoms with Crippen molar-refractivity contribution in [3.63, 3.8) is 0 Å². The number of sulfonamides is 1. The number of thioether (sulfide) groups is 1. The molecule has 1 unspecified atom stereocenters. The van der Waals surface area contributed by atoms with Gasteiger partial charge in [-0.2, -0.15) is 4.31 Å². The monoisotopic (exact) mass is 474 g/mol. The predicted octanol–water partition coefficient (Wildman–Crippen LogP) is 3.80. The highest BCUT2D eigenvalue weighted by Gasteiger charge is 2.29. The number of carbonyl (C=O) groups excluding carboxylic acids is 1. The van der Waals surface area contributed by atoms with Gasteiger partial charge >= 0.3 is 0 Å². The number of ether oxygens (including phenoxy) is 1. The lowest BCUT2D eigenvalue weighted by Crippen LogP contribution is -2.37. The third kappa shape index (κ3) is 5.36. The second-order valence-corrected chi connectivity index (χ2v) is 11.3. The Morgan fingerprint density at radius 3 is 2.56 bits per heavy atom. The fourth-order valence-electron chi connectivity index (χ4n) is 4.09. The average molecular weight is 475 g/mol. The summed E-state index contributed by atoms with van der Waals surface area (Å²) in [7, 11) is -3.56. The van der Waals surface area contributed by atoms with Gasteiger partial charge in [0.15, 0.2) is 0 Å². The molecule has 0 radical (unpaired) electrons. The van der Waals surface area contributed by atoms with Gasteiger partial charge in [0.2, 0.25) is 10.0 Å². The van der Waals surface area contributed by atoms with E-state index in [4.69, 9.17) is 4.74 Å². The molecule has 0 spiro atoms. The van der Waals surface area contributed by atoms with Crippen molar-refractivity contribution < 1.29 is 17.9 Å². The van der Waals surface area contributed by atoms with Crippen LogP contribution in [0.4, 0.5) is 0 Å². The molecule has 4 rings (SSSR count). The highest BCUT2D eigenvalue weighted by molar-refractivity contribution is 7.99. The molecule has 2 heterocycles. The molecular weight excluding hydrogens is 444 g/mol. The molecule has 8 heteroatoms. The number of amides is 1. The lowest BCUT2D eigenvalue weighted by atomic mass is 10.2. The summed E-state index contributed by atoms with van der Waals surface area (Å²) in [5, 5.41) is 0. The van der Waals surface area contributed by atoms with E-state index < -0.39 is 10.0 Å². The highest BCUT2D eigenvalue weighted by atomic mass is 32.2. The normalized spacial score (nSPS) is 20.3. The molecule has 0 saturated carbocycles.